The SMILES string of the molecule is CCCN(Cc1cc(F)ccc1C)C1COCC1C(=O)O. The van der Waals surface area contributed by atoms with E-state index in [4.69, 9.17) is 4.74 Å². The first-order chi connectivity index (χ1) is 10.0. The predicted molar refractivity (Wildman–Crippen MR) is 77.6 cm³/mol. The summed E-state index contributed by atoms with van der Waals surface area (Å²) in [6, 6.07) is 4.59. The highest BCUT2D eigenvalue weighted by Crippen LogP contribution is 2.23. The van der Waals surface area contributed by atoms with Crippen LogP contribution in [0.25, 0.3) is 0 Å². The van der Waals surface area contributed by atoms with Crippen molar-refractivity contribution in [3.05, 3.63) is 35.1 Å². The number of ether oxygens (including phenoxy) is 1. The summed E-state index contributed by atoms with van der Waals surface area (Å²) in [5.74, 6) is -1.59. The third-order valence-corrected chi connectivity index (χ3v) is 4.03. The Balaban J connectivity index is 2.18. The summed E-state index contributed by atoms with van der Waals surface area (Å²) in [4.78, 5) is 13.4. The number of nitrogens with zero attached hydrogens (tertiary/aromatic N) is 1. The van der Waals surface area contributed by atoms with Crippen LogP contribution in [0.2, 0.25) is 0 Å². The topological polar surface area (TPSA) is 49.8 Å². The molecular formula is C16H22FNO3. The Morgan fingerprint density at radius 1 is 1.48 bits per heavy atom. The van der Waals surface area contributed by atoms with Crippen LogP contribution in [0.4, 0.5) is 4.39 Å². The van der Waals surface area contributed by atoms with Crippen molar-refractivity contribution in [2.24, 2.45) is 5.92 Å². The molecule has 0 spiro atoms. The lowest BCUT2D eigenvalue weighted by Crippen LogP contribution is -2.43. The maximum atomic E-state index is 13.4. The standard InChI is InChI=1S/C16H22FNO3/c1-3-6-18(15-10-21-9-14(15)16(19)20)8-12-7-13(17)5-4-11(12)2/h4-5,7,14-15H,3,6,8-10H2,1-2H3,(H,19,20). The molecule has 2 atom stereocenters. The van der Waals surface area contributed by atoms with Crippen molar-refractivity contribution >= 4 is 5.97 Å². The minimum absolute atomic E-state index is 0.148. The summed E-state index contributed by atoms with van der Waals surface area (Å²) < 4.78 is 18.8. The molecule has 2 rings (SSSR count). The molecule has 116 valence electrons. The number of carbonyl (C=O) groups is 1. The van der Waals surface area contributed by atoms with Crippen molar-refractivity contribution in [1.82, 2.24) is 4.90 Å². The maximum absolute atomic E-state index is 13.4. The lowest BCUT2D eigenvalue weighted by molar-refractivity contribution is -0.143. The maximum Gasteiger partial charge on any atom is 0.310 e. The number of hydrogen-bond acceptors (Lipinski definition) is 3. The zero-order valence-electron chi connectivity index (χ0n) is 12.5. The van der Waals surface area contributed by atoms with Crippen LogP contribution in [0.3, 0.4) is 0 Å². The van der Waals surface area contributed by atoms with E-state index < -0.39 is 11.9 Å². The molecule has 1 saturated heterocycles. The minimum atomic E-state index is -0.824. The van der Waals surface area contributed by atoms with Gasteiger partial charge in [0.2, 0.25) is 0 Å². The molecule has 1 heterocycles. The fourth-order valence-corrected chi connectivity index (χ4v) is 2.82. The average Bonchev–Trinajstić information content (AvgIpc) is 2.91. The normalized spacial score (nSPS) is 21.9. The molecule has 1 aliphatic rings. The molecule has 1 aliphatic heterocycles. The van der Waals surface area contributed by atoms with E-state index in [-0.39, 0.29) is 18.5 Å². The van der Waals surface area contributed by atoms with Gasteiger partial charge in [-0.25, -0.2) is 4.39 Å². The first kappa shape index (κ1) is 15.9. The number of rotatable bonds is 6. The van der Waals surface area contributed by atoms with Gasteiger partial charge in [-0.3, -0.25) is 9.69 Å². The second-order valence-corrected chi connectivity index (χ2v) is 5.59. The molecule has 21 heavy (non-hydrogen) atoms. The Morgan fingerprint density at radius 2 is 2.24 bits per heavy atom. The van der Waals surface area contributed by atoms with Crippen LogP contribution in [-0.2, 0) is 16.1 Å². The summed E-state index contributed by atoms with van der Waals surface area (Å²) in [5, 5.41) is 9.30. The molecule has 0 radical (unpaired) electrons. The van der Waals surface area contributed by atoms with E-state index in [0.29, 0.717) is 13.2 Å². The molecule has 4 nitrogen and oxygen atoms in total. The molecule has 0 aliphatic carbocycles. The summed E-state index contributed by atoms with van der Waals surface area (Å²) in [7, 11) is 0. The first-order valence-corrected chi connectivity index (χ1v) is 7.32. The number of aryl methyl sites for hydroxylation is 1. The van der Waals surface area contributed by atoms with Gasteiger partial charge in [-0.2, -0.15) is 0 Å². The highest BCUT2D eigenvalue weighted by molar-refractivity contribution is 5.71. The third-order valence-electron chi connectivity index (χ3n) is 4.03. The average molecular weight is 295 g/mol. The smallest absolute Gasteiger partial charge is 0.310 e. The molecular weight excluding hydrogens is 273 g/mol. The number of halogens is 1. The highest BCUT2D eigenvalue weighted by Gasteiger charge is 2.37. The quantitative estimate of drug-likeness (QED) is 0.876. The number of benzene rings is 1. The fourth-order valence-electron chi connectivity index (χ4n) is 2.82. The third kappa shape index (κ3) is 3.80. The minimum Gasteiger partial charge on any atom is -0.481 e. The predicted octanol–water partition coefficient (Wildman–Crippen LogP) is 2.45. The highest BCUT2D eigenvalue weighted by atomic mass is 19.1. The lowest BCUT2D eigenvalue weighted by Gasteiger charge is -2.30. The second-order valence-electron chi connectivity index (χ2n) is 5.59. The zero-order valence-corrected chi connectivity index (χ0v) is 12.5. The van der Waals surface area contributed by atoms with Crippen LogP contribution in [0.5, 0.6) is 0 Å². The number of hydrogen-bond donors (Lipinski definition) is 1. The molecule has 0 bridgehead atoms. The lowest BCUT2D eigenvalue weighted by atomic mass is 10.00. The molecule has 5 heteroatoms. The first-order valence-electron chi connectivity index (χ1n) is 7.32. The van der Waals surface area contributed by atoms with Gasteiger partial charge in [-0.05, 0) is 43.1 Å². The van der Waals surface area contributed by atoms with Crippen molar-refractivity contribution in [2.45, 2.75) is 32.9 Å². The van der Waals surface area contributed by atoms with Gasteiger partial charge in [0, 0.05) is 12.6 Å². The summed E-state index contributed by atoms with van der Waals surface area (Å²) in [5.41, 5.74) is 1.92. The Labute approximate surface area is 124 Å². The summed E-state index contributed by atoms with van der Waals surface area (Å²) in [6.45, 7) is 5.99. The van der Waals surface area contributed by atoms with Gasteiger partial charge in [0.1, 0.15) is 5.82 Å². The van der Waals surface area contributed by atoms with Crippen LogP contribution < -0.4 is 0 Å². The van der Waals surface area contributed by atoms with Crippen LogP contribution in [-0.4, -0.2) is 41.8 Å². The van der Waals surface area contributed by atoms with E-state index in [1.807, 2.05) is 6.92 Å². The van der Waals surface area contributed by atoms with E-state index in [2.05, 4.69) is 11.8 Å². The van der Waals surface area contributed by atoms with E-state index in [1.165, 1.54) is 12.1 Å². The zero-order chi connectivity index (χ0) is 15.4. The molecule has 1 aromatic rings. The van der Waals surface area contributed by atoms with Gasteiger partial charge in [0.05, 0.1) is 19.1 Å². The van der Waals surface area contributed by atoms with E-state index in [1.54, 1.807) is 6.07 Å². The van der Waals surface area contributed by atoms with Crippen LogP contribution >= 0.6 is 0 Å². The van der Waals surface area contributed by atoms with Crippen molar-refractivity contribution in [3.63, 3.8) is 0 Å². The molecule has 0 aromatic heterocycles. The van der Waals surface area contributed by atoms with Crippen molar-refractivity contribution in [3.8, 4) is 0 Å². The van der Waals surface area contributed by atoms with Gasteiger partial charge in [-0.1, -0.05) is 13.0 Å². The van der Waals surface area contributed by atoms with Crippen molar-refractivity contribution < 1.29 is 19.0 Å². The summed E-state index contributed by atoms with van der Waals surface area (Å²) >= 11 is 0. The van der Waals surface area contributed by atoms with Gasteiger partial charge >= 0.3 is 5.97 Å². The molecule has 0 amide bonds. The number of carboxylic acids is 1. The Kier molecular flexibility index (Phi) is 5.31. The number of carboxylic acid groups (broad SMARTS) is 1. The molecule has 1 fully saturated rings. The van der Waals surface area contributed by atoms with Crippen LogP contribution in [0.15, 0.2) is 18.2 Å². The Hall–Kier alpha value is -1.46. The largest absolute Gasteiger partial charge is 0.481 e. The molecule has 1 N–H and O–H groups in total. The molecule has 1 aromatic carbocycles. The van der Waals surface area contributed by atoms with E-state index >= 15 is 0 Å². The van der Waals surface area contributed by atoms with Crippen LogP contribution in [0.1, 0.15) is 24.5 Å². The van der Waals surface area contributed by atoms with Crippen LogP contribution in [0, 0.1) is 18.7 Å². The molecule has 0 saturated carbocycles. The van der Waals surface area contributed by atoms with Gasteiger partial charge in [0.25, 0.3) is 0 Å². The second kappa shape index (κ2) is 7.00. The van der Waals surface area contributed by atoms with E-state index in [0.717, 1.165) is 24.1 Å². The summed E-state index contributed by atoms with van der Waals surface area (Å²) in [6.07, 6.45) is 0.914. The van der Waals surface area contributed by atoms with E-state index in [9.17, 15) is 14.3 Å². The van der Waals surface area contributed by atoms with Gasteiger partial charge < -0.3 is 9.84 Å². The number of aliphatic carboxylic acids is 1. The van der Waals surface area contributed by atoms with Gasteiger partial charge in [0.15, 0.2) is 0 Å². The monoisotopic (exact) mass is 295 g/mol. The Bertz CT molecular complexity index is 506. The van der Waals surface area contributed by atoms with Crippen molar-refractivity contribution in [1.29, 1.82) is 0 Å². The molecule has 2 unspecified atom stereocenters. The fraction of sp³-hybridized carbons (Fsp3) is 0.562. The van der Waals surface area contributed by atoms with Gasteiger partial charge in [-0.15, -0.1) is 0 Å². The van der Waals surface area contributed by atoms with Crippen molar-refractivity contribution in [2.75, 3.05) is 19.8 Å². The Morgan fingerprint density at radius 3 is 2.90 bits per heavy atom.